The van der Waals surface area contributed by atoms with Crippen LogP contribution in [0.25, 0.3) is 11.2 Å². The van der Waals surface area contributed by atoms with Gasteiger partial charge < -0.3 is 35.7 Å². The van der Waals surface area contributed by atoms with Crippen molar-refractivity contribution < 1.29 is 9.47 Å². The van der Waals surface area contributed by atoms with Gasteiger partial charge in [-0.3, -0.25) is 4.57 Å². The standard InChI is InChI=1S/C23H34N8O3/c1-3-34-22-28-20(24)19-21(29-22)31(23(32)27-19)15-17-6-5-16(13-18(17)33-2)14-26-7-4-10-30-11-8-25-9-12-30/h5-6,13,25-26H,3-4,7-12,14-15H2,1-2H3,(H,27,32)(H2,24,28,29). The summed E-state index contributed by atoms with van der Waals surface area (Å²) in [6, 6.07) is 6.19. The second kappa shape index (κ2) is 11.3. The molecule has 0 bridgehead atoms. The van der Waals surface area contributed by atoms with Crippen molar-refractivity contribution in [2.24, 2.45) is 0 Å². The van der Waals surface area contributed by atoms with Gasteiger partial charge in [-0.2, -0.15) is 9.97 Å². The number of aromatic amines is 1. The fourth-order valence-corrected chi connectivity index (χ4v) is 4.17. The number of piperazine rings is 1. The summed E-state index contributed by atoms with van der Waals surface area (Å²) in [6.07, 6.45) is 1.12. The molecule has 0 unspecified atom stereocenters. The number of hydrogen-bond donors (Lipinski definition) is 4. The van der Waals surface area contributed by atoms with Crippen molar-refractivity contribution in [1.82, 2.24) is 35.1 Å². The van der Waals surface area contributed by atoms with E-state index in [4.69, 9.17) is 15.2 Å². The SMILES string of the molecule is CCOc1nc(N)c2[nH]c(=O)n(Cc3ccc(CNCCCN4CCNCC4)cc3OC)c2n1. The predicted molar refractivity (Wildman–Crippen MR) is 131 cm³/mol. The minimum Gasteiger partial charge on any atom is -0.496 e. The Kier molecular flexibility index (Phi) is 7.99. The van der Waals surface area contributed by atoms with E-state index in [1.54, 1.807) is 7.11 Å². The van der Waals surface area contributed by atoms with Gasteiger partial charge in [-0.25, -0.2) is 4.79 Å². The van der Waals surface area contributed by atoms with Crippen LogP contribution >= 0.6 is 0 Å². The van der Waals surface area contributed by atoms with Crippen LogP contribution in [0.5, 0.6) is 11.8 Å². The van der Waals surface area contributed by atoms with Crippen LogP contribution in [0.3, 0.4) is 0 Å². The Morgan fingerprint density at radius 1 is 1.24 bits per heavy atom. The van der Waals surface area contributed by atoms with Gasteiger partial charge >= 0.3 is 11.7 Å². The first-order chi connectivity index (χ1) is 16.6. The number of fused-ring (bicyclic) bond motifs is 1. The van der Waals surface area contributed by atoms with Gasteiger partial charge in [0.2, 0.25) is 0 Å². The van der Waals surface area contributed by atoms with Crippen LogP contribution in [0.15, 0.2) is 23.0 Å². The summed E-state index contributed by atoms with van der Waals surface area (Å²) in [6.45, 7) is 9.77. The van der Waals surface area contributed by atoms with Crippen LogP contribution in [0.1, 0.15) is 24.5 Å². The van der Waals surface area contributed by atoms with Crippen molar-refractivity contribution >= 4 is 17.0 Å². The molecule has 3 heterocycles. The molecule has 0 radical (unpaired) electrons. The van der Waals surface area contributed by atoms with Gasteiger partial charge in [-0.05, 0) is 38.1 Å². The molecule has 11 heteroatoms. The van der Waals surface area contributed by atoms with Crippen molar-refractivity contribution in [3.05, 3.63) is 39.8 Å². The number of anilines is 1. The molecule has 4 rings (SSSR count). The highest BCUT2D eigenvalue weighted by Gasteiger charge is 2.16. The van der Waals surface area contributed by atoms with E-state index >= 15 is 0 Å². The number of nitrogen functional groups attached to an aromatic ring is 1. The maximum absolute atomic E-state index is 12.6. The molecule has 0 amide bonds. The topological polar surface area (TPSA) is 135 Å². The molecule has 1 aromatic carbocycles. The molecule has 1 aliphatic heterocycles. The van der Waals surface area contributed by atoms with Gasteiger partial charge in [0, 0.05) is 38.3 Å². The number of ether oxygens (including phenoxy) is 2. The second-order valence-electron chi connectivity index (χ2n) is 8.31. The summed E-state index contributed by atoms with van der Waals surface area (Å²) in [5, 5.41) is 6.89. The van der Waals surface area contributed by atoms with Crippen LogP contribution < -0.4 is 31.5 Å². The highest BCUT2D eigenvalue weighted by Crippen LogP contribution is 2.23. The Labute approximate surface area is 198 Å². The minimum atomic E-state index is -0.318. The average Bonchev–Trinajstić information content (AvgIpc) is 3.16. The first-order valence-corrected chi connectivity index (χ1v) is 11.8. The lowest BCUT2D eigenvalue weighted by Crippen LogP contribution is -2.44. The van der Waals surface area contributed by atoms with Crippen LogP contribution in [0.2, 0.25) is 0 Å². The molecule has 1 fully saturated rings. The number of rotatable bonds is 11. The van der Waals surface area contributed by atoms with Crippen LogP contribution in [-0.4, -0.2) is 77.4 Å². The predicted octanol–water partition coefficient (Wildman–Crippen LogP) is 0.542. The molecule has 1 saturated heterocycles. The number of nitrogens with zero attached hydrogens (tertiary/aromatic N) is 4. The van der Waals surface area contributed by atoms with Crippen LogP contribution in [0.4, 0.5) is 5.82 Å². The summed E-state index contributed by atoms with van der Waals surface area (Å²) in [5.74, 6) is 0.892. The van der Waals surface area contributed by atoms with E-state index in [9.17, 15) is 4.79 Å². The zero-order valence-corrected chi connectivity index (χ0v) is 19.9. The van der Waals surface area contributed by atoms with Gasteiger partial charge in [0.1, 0.15) is 11.3 Å². The van der Waals surface area contributed by atoms with Crippen LogP contribution in [0, 0.1) is 0 Å². The highest BCUT2D eigenvalue weighted by molar-refractivity contribution is 5.82. The number of nitrogens with two attached hydrogens (primary N) is 1. The number of hydrogen-bond acceptors (Lipinski definition) is 9. The maximum atomic E-state index is 12.6. The Balaban J connectivity index is 1.41. The monoisotopic (exact) mass is 470 g/mol. The van der Waals surface area contributed by atoms with Gasteiger partial charge in [0.25, 0.3) is 0 Å². The number of H-pyrrole nitrogens is 1. The summed E-state index contributed by atoms with van der Waals surface area (Å²) in [7, 11) is 1.63. The lowest BCUT2D eigenvalue weighted by molar-refractivity contribution is 0.237. The zero-order chi connectivity index (χ0) is 23.9. The molecule has 0 aliphatic carbocycles. The highest BCUT2D eigenvalue weighted by atomic mass is 16.5. The molecule has 0 atom stereocenters. The lowest BCUT2D eigenvalue weighted by atomic mass is 10.1. The third-order valence-electron chi connectivity index (χ3n) is 5.95. The van der Waals surface area contributed by atoms with Gasteiger partial charge in [0.05, 0.1) is 20.3 Å². The van der Waals surface area contributed by atoms with Crippen LogP contribution in [-0.2, 0) is 13.1 Å². The first kappa shape index (κ1) is 24.0. The molecular weight excluding hydrogens is 436 g/mol. The quantitative estimate of drug-likeness (QED) is 0.296. The first-order valence-electron chi connectivity index (χ1n) is 11.8. The molecule has 3 aromatic rings. The fourth-order valence-electron chi connectivity index (χ4n) is 4.17. The smallest absolute Gasteiger partial charge is 0.328 e. The van der Waals surface area contributed by atoms with E-state index in [2.05, 4.69) is 36.6 Å². The summed E-state index contributed by atoms with van der Waals surface area (Å²) in [4.78, 5) is 26.3. The summed E-state index contributed by atoms with van der Waals surface area (Å²) in [5.41, 5.74) is 8.47. The molecule has 2 aromatic heterocycles. The molecule has 0 saturated carbocycles. The number of nitrogens with one attached hydrogen (secondary N) is 3. The Morgan fingerprint density at radius 2 is 2.06 bits per heavy atom. The van der Waals surface area contributed by atoms with Crippen molar-refractivity contribution in [1.29, 1.82) is 0 Å². The molecular formula is C23H34N8O3. The van der Waals surface area contributed by atoms with Crippen molar-refractivity contribution in [2.75, 3.05) is 58.7 Å². The number of imidazole rings is 1. The summed E-state index contributed by atoms with van der Waals surface area (Å²) < 4.78 is 12.5. The largest absolute Gasteiger partial charge is 0.496 e. The Hall–Kier alpha value is -3.15. The number of methoxy groups -OCH3 is 1. The Bertz CT molecular complexity index is 1150. The van der Waals surface area contributed by atoms with Gasteiger partial charge in [0.15, 0.2) is 11.5 Å². The molecule has 5 N–H and O–H groups in total. The normalized spacial score (nSPS) is 14.5. The van der Waals surface area contributed by atoms with E-state index < -0.39 is 0 Å². The maximum Gasteiger partial charge on any atom is 0.328 e. The molecule has 11 nitrogen and oxygen atoms in total. The van der Waals surface area contributed by atoms with E-state index in [1.165, 1.54) is 4.57 Å². The fraction of sp³-hybridized carbons (Fsp3) is 0.522. The third kappa shape index (κ3) is 5.66. The van der Waals surface area contributed by atoms with Crippen molar-refractivity contribution in [2.45, 2.75) is 26.4 Å². The zero-order valence-electron chi connectivity index (χ0n) is 19.9. The molecule has 34 heavy (non-hydrogen) atoms. The number of aromatic nitrogens is 4. The van der Waals surface area contributed by atoms with E-state index in [0.717, 1.165) is 63.4 Å². The van der Waals surface area contributed by atoms with E-state index in [0.29, 0.717) is 23.5 Å². The molecule has 0 spiro atoms. The average molecular weight is 471 g/mol. The van der Waals surface area contributed by atoms with Crippen molar-refractivity contribution in [3.8, 4) is 11.8 Å². The molecule has 1 aliphatic rings. The molecule has 184 valence electrons. The van der Waals surface area contributed by atoms with Gasteiger partial charge in [-0.1, -0.05) is 12.1 Å². The summed E-state index contributed by atoms with van der Waals surface area (Å²) >= 11 is 0. The number of benzene rings is 1. The van der Waals surface area contributed by atoms with E-state index in [1.807, 2.05) is 19.1 Å². The van der Waals surface area contributed by atoms with E-state index in [-0.39, 0.29) is 24.1 Å². The van der Waals surface area contributed by atoms with Gasteiger partial charge in [-0.15, -0.1) is 0 Å². The second-order valence-corrected chi connectivity index (χ2v) is 8.31. The Morgan fingerprint density at radius 3 is 2.82 bits per heavy atom. The van der Waals surface area contributed by atoms with Crippen molar-refractivity contribution in [3.63, 3.8) is 0 Å². The third-order valence-corrected chi connectivity index (χ3v) is 5.95. The minimum absolute atomic E-state index is 0.144. The lowest BCUT2D eigenvalue weighted by Gasteiger charge is -2.27.